The molecule has 1 aliphatic carbocycles. The van der Waals surface area contributed by atoms with Crippen LogP contribution in [0.1, 0.15) is 6.42 Å². The fourth-order valence-electron chi connectivity index (χ4n) is 3.47. The van der Waals surface area contributed by atoms with Crippen LogP contribution < -0.4 is 11.1 Å². The molecular formula is C21H16N8O. The van der Waals surface area contributed by atoms with Gasteiger partial charge in [-0.3, -0.25) is 14.9 Å². The van der Waals surface area contributed by atoms with Gasteiger partial charge in [0.05, 0.1) is 29.3 Å². The SMILES string of the molecule is N#CC1C[C@@H]1C(=O)Nc1cc2cc(-c3cnccc3-c3ccn[nH]3)nc(N)c2cn1. The lowest BCUT2D eigenvalue weighted by Gasteiger charge is -2.11. The van der Waals surface area contributed by atoms with Crippen molar-refractivity contribution in [2.45, 2.75) is 6.42 Å². The van der Waals surface area contributed by atoms with Crippen molar-refractivity contribution >= 4 is 28.3 Å². The van der Waals surface area contributed by atoms with Crippen LogP contribution in [-0.2, 0) is 4.79 Å². The number of nitrogens with one attached hydrogen (secondary N) is 2. The maximum atomic E-state index is 12.3. The molecule has 1 aliphatic rings. The van der Waals surface area contributed by atoms with Crippen molar-refractivity contribution in [3.8, 4) is 28.6 Å². The van der Waals surface area contributed by atoms with Gasteiger partial charge in [-0.1, -0.05) is 0 Å². The van der Waals surface area contributed by atoms with E-state index < -0.39 is 0 Å². The molecular weight excluding hydrogens is 380 g/mol. The van der Waals surface area contributed by atoms with Crippen LogP contribution in [0.2, 0.25) is 0 Å². The maximum absolute atomic E-state index is 12.3. The Balaban J connectivity index is 1.54. The summed E-state index contributed by atoms with van der Waals surface area (Å²) in [4.78, 5) is 25.3. The number of carbonyl (C=O) groups excluding carboxylic acids is 1. The van der Waals surface area contributed by atoms with Gasteiger partial charge in [0.15, 0.2) is 0 Å². The number of hydrogen-bond acceptors (Lipinski definition) is 7. The number of aromatic amines is 1. The molecule has 1 saturated carbocycles. The predicted molar refractivity (Wildman–Crippen MR) is 111 cm³/mol. The zero-order chi connectivity index (χ0) is 20.7. The van der Waals surface area contributed by atoms with E-state index in [1.165, 1.54) is 0 Å². The van der Waals surface area contributed by atoms with Gasteiger partial charge >= 0.3 is 0 Å². The number of nitrogens with two attached hydrogens (primary N) is 1. The Morgan fingerprint density at radius 1 is 1.23 bits per heavy atom. The molecule has 9 nitrogen and oxygen atoms in total. The summed E-state index contributed by atoms with van der Waals surface area (Å²) >= 11 is 0. The van der Waals surface area contributed by atoms with E-state index in [1.807, 2.05) is 18.2 Å². The molecule has 0 spiro atoms. The van der Waals surface area contributed by atoms with Gasteiger partial charge < -0.3 is 11.1 Å². The van der Waals surface area contributed by atoms with Gasteiger partial charge in [0.1, 0.15) is 11.6 Å². The van der Waals surface area contributed by atoms with E-state index >= 15 is 0 Å². The number of nitrogen functional groups attached to an aromatic ring is 1. The van der Waals surface area contributed by atoms with E-state index in [9.17, 15) is 4.79 Å². The van der Waals surface area contributed by atoms with E-state index in [0.717, 1.165) is 22.2 Å². The highest BCUT2D eigenvalue weighted by Crippen LogP contribution is 2.38. The monoisotopic (exact) mass is 396 g/mol. The van der Waals surface area contributed by atoms with Gasteiger partial charge in [0.25, 0.3) is 0 Å². The summed E-state index contributed by atoms with van der Waals surface area (Å²) in [6.45, 7) is 0. The molecule has 5 rings (SSSR count). The van der Waals surface area contributed by atoms with Gasteiger partial charge in [-0.2, -0.15) is 10.4 Å². The molecule has 30 heavy (non-hydrogen) atoms. The number of nitrogens with zero attached hydrogens (tertiary/aromatic N) is 5. The summed E-state index contributed by atoms with van der Waals surface area (Å²) in [6, 6.07) is 9.50. The van der Waals surface area contributed by atoms with Crippen LogP contribution in [0.15, 0.2) is 49.1 Å². The first-order chi connectivity index (χ1) is 14.6. The second-order valence-electron chi connectivity index (χ2n) is 7.14. The third-order valence-corrected chi connectivity index (χ3v) is 5.18. The number of hydrogen-bond donors (Lipinski definition) is 3. The quantitative estimate of drug-likeness (QED) is 0.480. The molecule has 1 amide bonds. The minimum atomic E-state index is -0.266. The average molecular weight is 396 g/mol. The van der Waals surface area contributed by atoms with E-state index in [4.69, 9.17) is 11.0 Å². The Morgan fingerprint density at radius 2 is 2.13 bits per heavy atom. The van der Waals surface area contributed by atoms with Crippen molar-refractivity contribution in [1.29, 1.82) is 5.26 Å². The average Bonchev–Trinajstić information content (AvgIpc) is 3.36. The summed E-state index contributed by atoms with van der Waals surface area (Å²) in [5.74, 6) is 0.0809. The lowest BCUT2D eigenvalue weighted by atomic mass is 10.0. The Labute approximate surface area is 171 Å². The molecule has 0 aliphatic heterocycles. The minimum Gasteiger partial charge on any atom is -0.383 e. The van der Waals surface area contributed by atoms with Gasteiger partial charge in [-0.15, -0.1) is 0 Å². The molecule has 4 aromatic rings. The van der Waals surface area contributed by atoms with Crippen molar-refractivity contribution in [3.05, 3.63) is 49.1 Å². The van der Waals surface area contributed by atoms with Gasteiger partial charge in [-0.25, -0.2) is 9.97 Å². The first kappa shape index (κ1) is 17.8. The number of aromatic nitrogens is 5. The largest absolute Gasteiger partial charge is 0.383 e. The van der Waals surface area contributed by atoms with Crippen LogP contribution in [0, 0.1) is 23.2 Å². The Bertz CT molecular complexity index is 1310. The molecule has 1 unspecified atom stereocenters. The highest BCUT2D eigenvalue weighted by molar-refractivity contribution is 5.99. The topological polar surface area (TPSA) is 146 Å². The molecule has 0 bridgehead atoms. The smallest absolute Gasteiger partial charge is 0.230 e. The molecule has 9 heteroatoms. The zero-order valence-electron chi connectivity index (χ0n) is 15.7. The maximum Gasteiger partial charge on any atom is 0.230 e. The molecule has 4 heterocycles. The summed E-state index contributed by atoms with van der Waals surface area (Å²) in [6.07, 6.45) is 7.29. The van der Waals surface area contributed by atoms with Crippen LogP contribution in [0.4, 0.5) is 11.6 Å². The fourth-order valence-corrected chi connectivity index (χ4v) is 3.47. The molecule has 1 fully saturated rings. The molecule has 0 saturated heterocycles. The normalized spacial score (nSPS) is 17.4. The van der Waals surface area contributed by atoms with Gasteiger partial charge in [0, 0.05) is 41.3 Å². The van der Waals surface area contributed by atoms with Crippen LogP contribution in [0.5, 0.6) is 0 Å². The number of carbonyl (C=O) groups is 1. The summed E-state index contributed by atoms with van der Waals surface area (Å²) in [7, 11) is 0. The number of nitriles is 1. The molecule has 4 aromatic heterocycles. The second-order valence-corrected chi connectivity index (χ2v) is 7.14. The first-order valence-electron chi connectivity index (χ1n) is 9.35. The Hall–Kier alpha value is -4.32. The van der Waals surface area contributed by atoms with Crippen LogP contribution in [-0.4, -0.2) is 31.1 Å². The van der Waals surface area contributed by atoms with Crippen LogP contribution >= 0.6 is 0 Å². The highest BCUT2D eigenvalue weighted by atomic mass is 16.2. The number of amides is 1. The number of fused-ring (bicyclic) bond motifs is 1. The van der Waals surface area contributed by atoms with E-state index in [-0.39, 0.29) is 17.7 Å². The third-order valence-electron chi connectivity index (χ3n) is 5.18. The molecule has 4 N–H and O–H groups in total. The summed E-state index contributed by atoms with van der Waals surface area (Å²) in [5, 5.41) is 20.1. The molecule has 146 valence electrons. The van der Waals surface area contributed by atoms with Crippen molar-refractivity contribution < 1.29 is 4.79 Å². The number of anilines is 2. The molecule has 2 atom stereocenters. The fraction of sp³-hybridized carbons (Fsp3) is 0.143. The van der Waals surface area contributed by atoms with Crippen molar-refractivity contribution in [2.75, 3.05) is 11.1 Å². The number of H-pyrrole nitrogens is 1. The Kier molecular flexibility index (Phi) is 4.10. The summed E-state index contributed by atoms with van der Waals surface area (Å²) < 4.78 is 0. The minimum absolute atomic E-state index is 0.190. The zero-order valence-corrected chi connectivity index (χ0v) is 15.7. The highest BCUT2D eigenvalue weighted by Gasteiger charge is 2.43. The lowest BCUT2D eigenvalue weighted by Crippen LogP contribution is -2.15. The molecule has 0 aromatic carbocycles. The number of rotatable bonds is 4. The second kappa shape index (κ2) is 6.93. The van der Waals surface area contributed by atoms with Gasteiger partial charge in [-0.05, 0) is 36.1 Å². The third kappa shape index (κ3) is 3.10. The van der Waals surface area contributed by atoms with Crippen molar-refractivity contribution in [2.24, 2.45) is 11.8 Å². The standard InChI is InChI=1S/C21H16N8O/c22-8-12-5-14(12)21(30)28-19-7-11-6-18(27-20(23)15(11)10-25-19)16-9-24-3-1-13(16)17-2-4-26-29-17/h1-4,6-7,9-10,12,14H,5H2,(H2,23,27)(H,26,29)(H,25,28,30)/t12?,14-/m0/s1. The van der Waals surface area contributed by atoms with Crippen molar-refractivity contribution in [3.63, 3.8) is 0 Å². The predicted octanol–water partition coefficient (Wildman–Crippen LogP) is 2.76. The Morgan fingerprint density at radius 3 is 2.90 bits per heavy atom. The van der Waals surface area contributed by atoms with E-state index in [0.29, 0.717) is 29.1 Å². The van der Waals surface area contributed by atoms with Crippen LogP contribution in [0.3, 0.4) is 0 Å². The van der Waals surface area contributed by atoms with E-state index in [2.05, 4.69) is 36.5 Å². The lowest BCUT2D eigenvalue weighted by molar-refractivity contribution is -0.117. The van der Waals surface area contributed by atoms with Crippen LogP contribution in [0.25, 0.3) is 33.3 Å². The summed E-state index contributed by atoms with van der Waals surface area (Å²) in [5.41, 5.74) is 9.37. The van der Waals surface area contributed by atoms with Gasteiger partial charge in [0.2, 0.25) is 5.91 Å². The number of pyridine rings is 3. The molecule has 0 radical (unpaired) electrons. The van der Waals surface area contributed by atoms with Crippen molar-refractivity contribution in [1.82, 2.24) is 25.1 Å². The first-order valence-corrected chi connectivity index (χ1v) is 9.35. The van der Waals surface area contributed by atoms with E-state index in [1.54, 1.807) is 30.9 Å².